The third kappa shape index (κ3) is 3.00. The number of hydrogen-bond donors (Lipinski definition) is 0. The van der Waals surface area contributed by atoms with Crippen molar-refractivity contribution in [2.45, 2.75) is 45.7 Å². The average Bonchev–Trinajstić information content (AvgIpc) is 3.33. The molecule has 11 nitrogen and oxygen atoms in total. The summed E-state index contributed by atoms with van der Waals surface area (Å²) in [7, 11) is 0. The van der Waals surface area contributed by atoms with Crippen LogP contribution >= 0.6 is 0 Å². The number of benzene rings is 1. The second kappa shape index (κ2) is 7.23. The smallest absolute Gasteiger partial charge is 0.305 e. The van der Waals surface area contributed by atoms with E-state index in [1.54, 1.807) is 13.8 Å². The normalized spacial score (nSPS) is 27.8. The van der Waals surface area contributed by atoms with Crippen molar-refractivity contribution in [1.29, 1.82) is 0 Å². The van der Waals surface area contributed by atoms with Crippen molar-refractivity contribution in [1.82, 2.24) is 0 Å². The van der Waals surface area contributed by atoms with Crippen LogP contribution in [0.25, 0.3) is 0 Å². The lowest BCUT2D eigenvalue weighted by molar-refractivity contribution is -0.384. The van der Waals surface area contributed by atoms with Crippen molar-refractivity contribution in [3.8, 4) is 0 Å². The van der Waals surface area contributed by atoms with E-state index in [4.69, 9.17) is 14.2 Å². The van der Waals surface area contributed by atoms with Crippen LogP contribution in [-0.4, -0.2) is 46.7 Å². The third-order valence-corrected chi connectivity index (χ3v) is 6.02. The van der Waals surface area contributed by atoms with Gasteiger partial charge in [-0.25, -0.2) is 4.90 Å². The lowest BCUT2D eigenvalue weighted by Crippen LogP contribution is -2.52. The summed E-state index contributed by atoms with van der Waals surface area (Å²) in [5, 5.41) is 11.7. The van der Waals surface area contributed by atoms with Gasteiger partial charge in [-0.3, -0.25) is 29.3 Å². The molecule has 0 aromatic heterocycles. The number of aryl methyl sites for hydroxylation is 2. The van der Waals surface area contributed by atoms with E-state index in [0.29, 0.717) is 11.1 Å². The number of carbonyl (C=O) groups excluding carboxylic acids is 4. The van der Waals surface area contributed by atoms with Gasteiger partial charge in [0.25, 0.3) is 12.0 Å². The fraction of sp³-hybridized carbons (Fsp3) is 0.429. The van der Waals surface area contributed by atoms with Gasteiger partial charge in [-0.15, -0.1) is 0 Å². The Labute approximate surface area is 182 Å². The summed E-state index contributed by atoms with van der Waals surface area (Å²) in [6, 6.07) is 2.72. The summed E-state index contributed by atoms with van der Waals surface area (Å²) in [5.74, 6) is -5.22. The van der Waals surface area contributed by atoms with E-state index in [0.717, 1.165) is 18.7 Å². The molecule has 0 spiro atoms. The molecule has 3 heterocycles. The Balaban J connectivity index is 1.81. The van der Waals surface area contributed by atoms with Gasteiger partial charge in [0.2, 0.25) is 11.8 Å². The first-order valence-electron chi connectivity index (χ1n) is 9.83. The number of esters is 2. The summed E-state index contributed by atoms with van der Waals surface area (Å²) in [6.07, 6.45) is 0.518. The van der Waals surface area contributed by atoms with Gasteiger partial charge in [0.05, 0.1) is 22.9 Å². The number of ether oxygens (including phenoxy) is 3. The van der Waals surface area contributed by atoms with Gasteiger partial charge in [0.15, 0.2) is 5.60 Å². The van der Waals surface area contributed by atoms with E-state index >= 15 is 0 Å². The molecule has 3 aliphatic heterocycles. The van der Waals surface area contributed by atoms with Gasteiger partial charge in [-0.05, 0) is 37.1 Å². The van der Waals surface area contributed by atoms with Crippen molar-refractivity contribution in [3.05, 3.63) is 45.5 Å². The third-order valence-electron chi connectivity index (χ3n) is 6.02. The largest absolute Gasteiger partial charge is 0.422 e. The lowest BCUT2D eigenvalue weighted by atomic mass is 9.76. The quantitative estimate of drug-likeness (QED) is 0.165. The van der Waals surface area contributed by atoms with Crippen molar-refractivity contribution < 1.29 is 38.3 Å². The minimum absolute atomic E-state index is 0.145. The number of hydrogen-bond acceptors (Lipinski definition) is 9. The number of carbonyl (C=O) groups is 4. The molecule has 2 bridgehead atoms. The lowest BCUT2D eigenvalue weighted by Gasteiger charge is -2.34. The zero-order chi connectivity index (χ0) is 23.5. The van der Waals surface area contributed by atoms with E-state index in [-0.39, 0.29) is 11.4 Å². The van der Waals surface area contributed by atoms with E-state index in [1.165, 1.54) is 24.3 Å². The highest BCUT2D eigenvalue weighted by Gasteiger charge is 2.72. The maximum Gasteiger partial charge on any atom is 0.305 e. The molecule has 1 aromatic rings. The van der Waals surface area contributed by atoms with E-state index in [9.17, 15) is 29.3 Å². The molecular weight excluding hydrogens is 424 g/mol. The molecule has 0 aliphatic carbocycles. The molecular formula is C21H20N2O9. The van der Waals surface area contributed by atoms with Crippen molar-refractivity contribution in [3.63, 3.8) is 0 Å². The molecule has 0 N–H and O–H groups in total. The molecule has 2 saturated heterocycles. The highest BCUT2D eigenvalue weighted by Crippen LogP contribution is 2.55. The second-order valence-corrected chi connectivity index (χ2v) is 8.04. The molecule has 0 saturated carbocycles. The first-order valence-corrected chi connectivity index (χ1v) is 9.83. The molecule has 0 radical (unpaired) electrons. The summed E-state index contributed by atoms with van der Waals surface area (Å²) in [4.78, 5) is 61.9. The van der Waals surface area contributed by atoms with Crippen LogP contribution in [0.4, 0.5) is 11.4 Å². The Hall–Kier alpha value is -3.60. The maximum atomic E-state index is 13.5. The Morgan fingerprint density at radius 1 is 1.12 bits per heavy atom. The Morgan fingerprint density at radius 2 is 1.72 bits per heavy atom. The SMILES string of the molecule is CC(=O)OC(OC(C)=O)[C@]12C=C[C@@H](O1)[C@@H]1C(=O)N(c3cc(C)c(C)cc3[N+](=O)[O-])C(=O)[C@@H]12. The topological polar surface area (TPSA) is 142 Å². The fourth-order valence-electron chi connectivity index (χ4n) is 4.57. The molecule has 168 valence electrons. The number of amides is 2. The summed E-state index contributed by atoms with van der Waals surface area (Å²) in [6.45, 7) is 5.59. The van der Waals surface area contributed by atoms with Crippen molar-refractivity contribution >= 4 is 35.1 Å². The van der Waals surface area contributed by atoms with Crippen LogP contribution in [0.1, 0.15) is 25.0 Å². The zero-order valence-corrected chi connectivity index (χ0v) is 17.7. The second-order valence-electron chi connectivity index (χ2n) is 8.04. The monoisotopic (exact) mass is 444 g/mol. The molecule has 1 aromatic carbocycles. The number of anilines is 1. The number of nitro groups is 1. The van der Waals surface area contributed by atoms with Gasteiger partial charge in [-0.1, -0.05) is 6.08 Å². The van der Waals surface area contributed by atoms with Gasteiger partial charge < -0.3 is 14.2 Å². The van der Waals surface area contributed by atoms with Crippen LogP contribution in [0.3, 0.4) is 0 Å². The van der Waals surface area contributed by atoms with E-state index in [2.05, 4.69) is 0 Å². The Morgan fingerprint density at radius 3 is 2.28 bits per heavy atom. The number of fused-ring (bicyclic) bond motifs is 5. The van der Waals surface area contributed by atoms with Crippen LogP contribution in [0, 0.1) is 35.8 Å². The molecule has 4 atom stereocenters. The number of nitro benzene ring substituents is 1. The van der Waals surface area contributed by atoms with Crippen LogP contribution < -0.4 is 4.90 Å². The van der Waals surface area contributed by atoms with Crippen LogP contribution in [0.2, 0.25) is 0 Å². The molecule has 2 fully saturated rings. The standard InChI is InChI=1S/C21H20N2O9/c1-9-7-13(14(23(28)29)8-10(9)2)22-18(26)16-15-5-6-21(32-15,17(16)19(22)27)20(30-11(3)24)31-12(4)25/h5-8,15-17,20H,1-4H3/t15-,16+,17-,21-/m1/s1. The first kappa shape index (κ1) is 21.6. The van der Waals surface area contributed by atoms with E-state index < -0.39 is 58.5 Å². The van der Waals surface area contributed by atoms with E-state index in [1.807, 2.05) is 0 Å². The van der Waals surface area contributed by atoms with Gasteiger partial charge in [-0.2, -0.15) is 0 Å². The molecule has 11 heteroatoms. The first-order chi connectivity index (χ1) is 15.0. The molecule has 3 aliphatic rings. The van der Waals surface area contributed by atoms with Gasteiger partial charge >= 0.3 is 11.9 Å². The molecule has 0 unspecified atom stereocenters. The van der Waals surface area contributed by atoms with Crippen LogP contribution in [-0.2, 0) is 33.4 Å². The summed E-state index contributed by atoms with van der Waals surface area (Å²) >= 11 is 0. The van der Waals surface area contributed by atoms with Crippen molar-refractivity contribution in [2.75, 3.05) is 4.90 Å². The number of nitrogens with zero attached hydrogens (tertiary/aromatic N) is 2. The minimum Gasteiger partial charge on any atom is -0.422 e. The Bertz CT molecular complexity index is 1090. The Kier molecular flexibility index (Phi) is 4.88. The van der Waals surface area contributed by atoms with Gasteiger partial charge in [0, 0.05) is 19.9 Å². The molecule has 32 heavy (non-hydrogen) atoms. The number of rotatable bonds is 5. The number of imide groups is 1. The molecule has 4 rings (SSSR count). The average molecular weight is 444 g/mol. The zero-order valence-electron chi connectivity index (χ0n) is 17.7. The highest BCUT2D eigenvalue weighted by molar-refractivity contribution is 6.24. The predicted molar refractivity (Wildman–Crippen MR) is 106 cm³/mol. The van der Waals surface area contributed by atoms with Crippen LogP contribution in [0.5, 0.6) is 0 Å². The predicted octanol–water partition coefficient (Wildman–Crippen LogP) is 1.48. The minimum atomic E-state index is -1.72. The summed E-state index contributed by atoms with van der Waals surface area (Å²) < 4.78 is 16.2. The highest BCUT2D eigenvalue weighted by atomic mass is 16.7. The van der Waals surface area contributed by atoms with Crippen LogP contribution in [0.15, 0.2) is 24.3 Å². The maximum absolute atomic E-state index is 13.5. The fourth-order valence-corrected chi connectivity index (χ4v) is 4.57. The summed E-state index contributed by atoms with van der Waals surface area (Å²) in [5.41, 5.74) is -0.961. The molecule has 2 amide bonds. The van der Waals surface area contributed by atoms with Crippen molar-refractivity contribution in [2.24, 2.45) is 11.8 Å². The van der Waals surface area contributed by atoms with Gasteiger partial charge in [0.1, 0.15) is 5.69 Å².